The number of nitrogens with one attached hydrogen (secondary N) is 1. The lowest BCUT2D eigenvalue weighted by Gasteiger charge is -2.17. The fraction of sp³-hybridized carbons (Fsp3) is 0.0526. The Morgan fingerprint density at radius 1 is 1.12 bits per heavy atom. The summed E-state index contributed by atoms with van der Waals surface area (Å²) in [7, 11) is 0. The molecule has 3 aromatic rings. The maximum atomic E-state index is 12.0. The van der Waals surface area contributed by atoms with Crippen LogP contribution in [-0.2, 0) is 4.79 Å². The lowest BCUT2D eigenvalue weighted by Crippen LogP contribution is -2.12. The lowest BCUT2D eigenvalue weighted by molar-refractivity contribution is -0.115. The van der Waals surface area contributed by atoms with E-state index in [-0.39, 0.29) is 32.9 Å². The van der Waals surface area contributed by atoms with Crippen molar-refractivity contribution in [1.82, 2.24) is 0 Å². The van der Waals surface area contributed by atoms with E-state index in [1.807, 2.05) is 24.3 Å². The fourth-order valence-electron chi connectivity index (χ4n) is 2.71. The molecule has 3 aromatic carbocycles. The first-order valence-electron chi connectivity index (χ1n) is 7.49. The van der Waals surface area contributed by atoms with Gasteiger partial charge in [-0.25, -0.2) is 0 Å². The first-order chi connectivity index (χ1) is 12.4. The number of amides is 1. The van der Waals surface area contributed by atoms with Gasteiger partial charge in [0.2, 0.25) is 5.91 Å². The van der Waals surface area contributed by atoms with Crippen molar-refractivity contribution in [2.24, 2.45) is 0 Å². The molecular weight excluding hydrogens is 395 g/mol. The van der Waals surface area contributed by atoms with E-state index >= 15 is 0 Å². The third kappa shape index (κ3) is 3.30. The zero-order chi connectivity index (χ0) is 18.8. The number of benzene rings is 3. The molecule has 1 amide bonds. The van der Waals surface area contributed by atoms with E-state index in [9.17, 15) is 9.90 Å². The highest BCUT2D eigenvalue weighted by Gasteiger charge is 2.21. The van der Waals surface area contributed by atoms with Gasteiger partial charge in [0, 0.05) is 11.1 Å². The smallest absolute Gasteiger partial charge is 0.238 e. The molecule has 0 saturated carbocycles. The third-order valence-corrected chi connectivity index (χ3v) is 5.10. The molecule has 0 heterocycles. The van der Waals surface area contributed by atoms with Gasteiger partial charge in [0.25, 0.3) is 0 Å². The van der Waals surface area contributed by atoms with Crippen molar-refractivity contribution in [2.75, 3.05) is 5.32 Å². The summed E-state index contributed by atoms with van der Waals surface area (Å²) in [6.07, 6.45) is -0.350. The molecule has 26 heavy (non-hydrogen) atoms. The molecule has 0 bridgehead atoms. The van der Waals surface area contributed by atoms with Gasteiger partial charge in [-0.3, -0.25) is 4.79 Å². The molecule has 0 fully saturated rings. The molecule has 3 rings (SSSR count). The van der Waals surface area contributed by atoms with Crippen molar-refractivity contribution in [2.45, 2.75) is 6.42 Å². The predicted molar refractivity (Wildman–Crippen MR) is 105 cm³/mol. The van der Waals surface area contributed by atoms with Crippen LogP contribution in [0.15, 0.2) is 42.5 Å². The molecule has 0 aliphatic carbocycles. The number of anilines is 1. The molecule has 0 radical (unpaired) electrons. The summed E-state index contributed by atoms with van der Waals surface area (Å²) in [6, 6.07) is 14.1. The van der Waals surface area contributed by atoms with Gasteiger partial charge in [-0.15, -0.1) is 0 Å². The van der Waals surface area contributed by atoms with Gasteiger partial charge in [-0.1, -0.05) is 65.1 Å². The maximum absolute atomic E-state index is 12.0. The van der Waals surface area contributed by atoms with Gasteiger partial charge in [0.15, 0.2) is 0 Å². The second-order valence-corrected chi connectivity index (χ2v) is 6.64. The molecule has 0 spiro atoms. The van der Waals surface area contributed by atoms with Gasteiger partial charge in [0.05, 0.1) is 26.8 Å². The minimum atomic E-state index is -0.547. The number of aromatic hydroxyl groups is 1. The zero-order valence-corrected chi connectivity index (χ0v) is 15.5. The number of fused-ring (bicyclic) bond motifs is 1. The number of phenolic OH excluding ortho intramolecular Hbond substituents is 1. The van der Waals surface area contributed by atoms with Gasteiger partial charge >= 0.3 is 0 Å². The Balaban J connectivity index is 2.34. The van der Waals surface area contributed by atoms with E-state index in [1.165, 1.54) is 6.07 Å². The highest BCUT2D eigenvalue weighted by atomic mass is 35.5. The summed E-state index contributed by atoms with van der Waals surface area (Å²) >= 11 is 18.6. The Bertz CT molecular complexity index is 1070. The highest BCUT2D eigenvalue weighted by Crippen LogP contribution is 2.47. The first-order valence-corrected chi connectivity index (χ1v) is 8.62. The minimum absolute atomic E-state index is 0.00561. The number of halogens is 3. The van der Waals surface area contributed by atoms with Crippen LogP contribution in [0.5, 0.6) is 5.75 Å². The molecule has 2 N–H and O–H groups in total. The van der Waals surface area contributed by atoms with Crippen molar-refractivity contribution < 1.29 is 9.90 Å². The van der Waals surface area contributed by atoms with Crippen LogP contribution >= 0.6 is 34.8 Å². The zero-order valence-electron chi connectivity index (χ0n) is 13.2. The van der Waals surface area contributed by atoms with Crippen molar-refractivity contribution >= 4 is 57.2 Å². The molecule has 0 unspecified atom stereocenters. The highest BCUT2D eigenvalue weighted by molar-refractivity contribution is 6.50. The molecule has 0 atom stereocenters. The van der Waals surface area contributed by atoms with Crippen molar-refractivity contribution in [3.05, 3.63) is 57.5 Å². The molecule has 0 aliphatic rings. The van der Waals surface area contributed by atoms with Gasteiger partial charge in [-0.2, -0.15) is 5.26 Å². The molecule has 130 valence electrons. The lowest BCUT2D eigenvalue weighted by atomic mass is 9.95. The number of carbonyl (C=O) groups is 1. The Morgan fingerprint density at radius 2 is 1.85 bits per heavy atom. The van der Waals surface area contributed by atoms with Gasteiger partial charge < -0.3 is 10.4 Å². The van der Waals surface area contributed by atoms with Crippen LogP contribution in [0.2, 0.25) is 15.1 Å². The Hall–Kier alpha value is -2.45. The number of hydrogen-bond donors (Lipinski definition) is 2. The summed E-state index contributed by atoms with van der Waals surface area (Å²) in [6.45, 7) is 0. The monoisotopic (exact) mass is 404 g/mol. The molecule has 0 saturated heterocycles. The molecule has 7 heteroatoms. The van der Waals surface area contributed by atoms with Crippen LogP contribution in [0.3, 0.4) is 0 Å². The van der Waals surface area contributed by atoms with Crippen LogP contribution < -0.4 is 5.32 Å². The average Bonchev–Trinajstić information content (AvgIpc) is 2.62. The first kappa shape index (κ1) is 18.3. The van der Waals surface area contributed by atoms with E-state index in [4.69, 9.17) is 40.1 Å². The average molecular weight is 406 g/mol. The predicted octanol–water partition coefficient (Wildman–Crippen LogP) is 6.02. The summed E-state index contributed by atoms with van der Waals surface area (Å²) in [4.78, 5) is 12.0. The summed E-state index contributed by atoms with van der Waals surface area (Å²) in [5.41, 5.74) is 1.05. The summed E-state index contributed by atoms with van der Waals surface area (Å²) < 4.78 is 0. The SMILES string of the molecule is N#CCC(=O)Nc1c(-c2c(O)ccc3ccccc23)cc(Cl)c(Cl)c1Cl. The van der Waals surface area contributed by atoms with E-state index in [0.717, 1.165) is 10.8 Å². The Labute approximate surface area is 164 Å². The van der Waals surface area contributed by atoms with E-state index in [2.05, 4.69) is 5.32 Å². The van der Waals surface area contributed by atoms with Crippen LogP contribution in [-0.4, -0.2) is 11.0 Å². The molecule has 0 aliphatic heterocycles. The quantitative estimate of drug-likeness (QED) is 0.523. The number of rotatable bonds is 3. The normalized spacial score (nSPS) is 10.5. The van der Waals surface area contributed by atoms with Gasteiger partial charge in [-0.05, 0) is 22.9 Å². The minimum Gasteiger partial charge on any atom is -0.507 e. The van der Waals surface area contributed by atoms with E-state index < -0.39 is 5.91 Å². The number of hydrogen-bond acceptors (Lipinski definition) is 3. The largest absolute Gasteiger partial charge is 0.507 e. The van der Waals surface area contributed by atoms with Crippen LogP contribution in [0.1, 0.15) is 6.42 Å². The van der Waals surface area contributed by atoms with Crippen LogP contribution in [0.25, 0.3) is 21.9 Å². The van der Waals surface area contributed by atoms with E-state index in [1.54, 1.807) is 18.2 Å². The fourth-order valence-corrected chi connectivity index (χ4v) is 3.36. The van der Waals surface area contributed by atoms with Crippen LogP contribution in [0.4, 0.5) is 5.69 Å². The van der Waals surface area contributed by atoms with E-state index in [0.29, 0.717) is 11.1 Å². The standard InChI is InChI=1S/C19H11Cl3N2O2/c20-13-9-12(19(18(22)17(13)21)24-15(26)7-8-23)16-11-4-2-1-3-10(11)5-6-14(16)25/h1-6,9,25H,7H2,(H,24,26). The number of carbonyl (C=O) groups excluding carboxylic acids is 1. The number of nitriles is 1. The second-order valence-electron chi connectivity index (χ2n) is 5.47. The van der Waals surface area contributed by atoms with Crippen molar-refractivity contribution in [3.8, 4) is 22.9 Å². The summed E-state index contributed by atoms with van der Waals surface area (Å²) in [5, 5.41) is 23.7. The van der Waals surface area contributed by atoms with Crippen LogP contribution in [0, 0.1) is 11.3 Å². The Kier molecular flexibility index (Phi) is 5.24. The maximum Gasteiger partial charge on any atom is 0.238 e. The number of phenols is 1. The van der Waals surface area contributed by atoms with Gasteiger partial charge in [0.1, 0.15) is 12.2 Å². The Morgan fingerprint density at radius 3 is 2.58 bits per heavy atom. The molecule has 4 nitrogen and oxygen atoms in total. The summed E-state index contributed by atoms with van der Waals surface area (Å²) in [5.74, 6) is -0.553. The third-order valence-electron chi connectivity index (χ3n) is 3.84. The molecular formula is C19H11Cl3N2O2. The molecule has 0 aromatic heterocycles. The topological polar surface area (TPSA) is 73.1 Å². The van der Waals surface area contributed by atoms with Crippen molar-refractivity contribution in [3.63, 3.8) is 0 Å². The number of nitrogens with zero attached hydrogens (tertiary/aromatic N) is 1. The second kappa shape index (κ2) is 7.43. The van der Waals surface area contributed by atoms with Crippen molar-refractivity contribution in [1.29, 1.82) is 5.26 Å².